The van der Waals surface area contributed by atoms with E-state index in [-0.39, 0.29) is 0 Å². The van der Waals surface area contributed by atoms with Gasteiger partial charge in [-0.3, -0.25) is 4.98 Å². The molecule has 21 heavy (non-hydrogen) atoms. The average Bonchev–Trinajstić information content (AvgIpc) is 3.22. The molecule has 0 aliphatic heterocycles. The fourth-order valence-corrected chi connectivity index (χ4v) is 2.56. The largest absolute Gasteiger partial charge is 0.384 e. The quantitative estimate of drug-likeness (QED) is 0.730. The van der Waals surface area contributed by atoms with Crippen molar-refractivity contribution < 1.29 is 4.52 Å². The van der Waals surface area contributed by atoms with Gasteiger partial charge in [0, 0.05) is 29.6 Å². The van der Waals surface area contributed by atoms with Crippen molar-refractivity contribution in [2.45, 2.75) is 44.4 Å². The minimum atomic E-state index is 0.575. The maximum Gasteiger partial charge on any atom is 0.226 e. The summed E-state index contributed by atoms with van der Waals surface area (Å²) < 4.78 is 6.26. The first-order valence-corrected chi connectivity index (χ1v) is 8.27. The molecule has 1 fully saturated rings. The summed E-state index contributed by atoms with van der Waals surface area (Å²) in [5.41, 5.74) is 1.05. The second-order valence-electron chi connectivity index (χ2n) is 5.45. The van der Waals surface area contributed by atoms with E-state index in [0.29, 0.717) is 5.92 Å². The van der Waals surface area contributed by atoms with E-state index in [9.17, 15) is 0 Å². The van der Waals surface area contributed by atoms with E-state index in [1.54, 1.807) is 6.20 Å². The van der Waals surface area contributed by atoms with Gasteiger partial charge in [-0.15, -0.1) is 0 Å². The monoisotopic (exact) mass is 350 g/mol. The third kappa shape index (κ3) is 4.52. The third-order valence-corrected chi connectivity index (χ3v) is 3.96. The van der Waals surface area contributed by atoms with Gasteiger partial charge in [0.15, 0.2) is 5.82 Å². The maximum absolute atomic E-state index is 5.26. The lowest BCUT2D eigenvalue weighted by molar-refractivity contribution is 0.369. The molecule has 0 saturated heterocycles. The average molecular weight is 351 g/mol. The van der Waals surface area contributed by atoms with Crippen LogP contribution in [-0.2, 0) is 6.42 Å². The summed E-state index contributed by atoms with van der Waals surface area (Å²) in [4.78, 5) is 8.56. The Bertz CT molecular complexity index is 583. The van der Waals surface area contributed by atoms with E-state index >= 15 is 0 Å². The van der Waals surface area contributed by atoms with E-state index in [1.807, 2.05) is 12.3 Å². The summed E-state index contributed by atoms with van der Waals surface area (Å²) in [7, 11) is 0. The van der Waals surface area contributed by atoms with Crippen LogP contribution in [0.3, 0.4) is 0 Å². The van der Waals surface area contributed by atoms with Gasteiger partial charge in [0.1, 0.15) is 0 Å². The second-order valence-corrected chi connectivity index (χ2v) is 6.37. The fourth-order valence-electron chi connectivity index (χ4n) is 2.20. The first-order valence-electron chi connectivity index (χ1n) is 7.48. The molecule has 1 saturated carbocycles. The number of unbranched alkanes of at least 4 members (excludes halogenated alkanes) is 2. The molecule has 6 heteroatoms. The van der Waals surface area contributed by atoms with Crippen LogP contribution in [-0.4, -0.2) is 21.7 Å². The van der Waals surface area contributed by atoms with Crippen molar-refractivity contribution in [2.75, 3.05) is 11.9 Å². The summed E-state index contributed by atoms with van der Waals surface area (Å²) in [5.74, 6) is 2.28. The van der Waals surface area contributed by atoms with E-state index in [2.05, 4.69) is 36.4 Å². The molecule has 0 amide bonds. The first kappa shape index (κ1) is 14.5. The molecule has 2 aromatic rings. The van der Waals surface area contributed by atoms with Crippen LogP contribution in [0.5, 0.6) is 0 Å². The van der Waals surface area contributed by atoms with Gasteiger partial charge in [0.25, 0.3) is 0 Å². The van der Waals surface area contributed by atoms with Crippen molar-refractivity contribution in [1.29, 1.82) is 0 Å². The number of nitrogens with one attached hydrogen (secondary N) is 1. The Morgan fingerprint density at radius 1 is 1.24 bits per heavy atom. The number of nitrogens with zero attached hydrogens (tertiary/aromatic N) is 3. The molecule has 0 spiro atoms. The smallest absolute Gasteiger partial charge is 0.226 e. The normalized spacial score (nSPS) is 14.3. The Balaban J connectivity index is 1.29. The van der Waals surface area contributed by atoms with Crippen LogP contribution in [0.15, 0.2) is 27.5 Å². The summed E-state index contributed by atoms with van der Waals surface area (Å²) in [6.07, 6.45) is 10.3. The summed E-state index contributed by atoms with van der Waals surface area (Å²) in [6.45, 7) is 0.954. The highest BCUT2D eigenvalue weighted by atomic mass is 79.9. The highest BCUT2D eigenvalue weighted by Crippen LogP contribution is 2.38. The molecule has 112 valence electrons. The van der Waals surface area contributed by atoms with Crippen molar-refractivity contribution in [3.63, 3.8) is 0 Å². The van der Waals surface area contributed by atoms with Crippen LogP contribution >= 0.6 is 15.9 Å². The summed E-state index contributed by atoms with van der Waals surface area (Å²) >= 11 is 3.41. The molecule has 0 unspecified atom stereocenters. The van der Waals surface area contributed by atoms with Gasteiger partial charge < -0.3 is 9.84 Å². The molecule has 1 aliphatic carbocycles. The molecule has 0 radical (unpaired) electrons. The Hall–Kier alpha value is -1.43. The van der Waals surface area contributed by atoms with Gasteiger partial charge in [-0.25, -0.2) is 0 Å². The number of halogens is 1. The van der Waals surface area contributed by atoms with Crippen LogP contribution in [0.1, 0.15) is 49.7 Å². The van der Waals surface area contributed by atoms with Gasteiger partial charge in [-0.05, 0) is 47.7 Å². The van der Waals surface area contributed by atoms with Crippen molar-refractivity contribution in [1.82, 2.24) is 15.1 Å². The lowest BCUT2D eigenvalue weighted by atomic mass is 10.2. The Morgan fingerprint density at radius 3 is 2.95 bits per heavy atom. The zero-order valence-corrected chi connectivity index (χ0v) is 13.5. The van der Waals surface area contributed by atoms with Crippen molar-refractivity contribution in [3.05, 3.63) is 34.6 Å². The number of aromatic nitrogens is 3. The molecular formula is C15H19BrN4O. The number of pyridine rings is 1. The molecule has 0 aromatic carbocycles. The molecule has 1 N–H and O–H groups in total. The van der Waals surface area contributed by atoms with E-state index in [0.717, 1.165) is 54.1 Å². The van der Waals surface area contributed by atoms with Crippen LogP contribution < -0.4 is 5.32 Å². The molecule has 1 aliphatic rings. The predicted octanol–water partition coefficient (Wildman–Crippen LogP) is 3.93. The van der Waals surface area contributed by atoms with Crippen molar-refractivity contribution in [2.24, 2.45) is 0 Å². The lowest BCUT2D eigenvalue weighted by Gasteiger charge is -2.05. The van der Waals surface area contributed by atoms with Gasteiger partial charge in [0.05, 0.1) is 11.9 Å². The Kier molecular flexibility index (Phi) is 4.85. The Morgan fingerprint density at radius 2 is 2.14 bits per heavy atom. The molecule has 2 aromatic heterocycles. The molecule has 5 nitrogen and oxygen atoms in total. The van der Waals surface area contributed by atoms with Crippen LogP contribution in [0.4, 0.5) is 5.69 Å². The van der Waals surface area contributed by atoms with Crippen LogP contribution in [0.25, 0.3) is 0 Å². The zero-order valence-electron chi connectivity index (χ0n) is 11.9. The highest BCUT2D eigenvalue weighted by Gasteiger charge is 2.28. The number of hydrogen-bond acceptors (Lipinski definition) is 5. The number of hydrogen-bond donors (Lipinski definition) is 1. The minimum Gasteiger partial charge on any atom is -0.384 e. The number of anilines is 1. The summed E-state index contributed by atoms with van der Waals surface area (Å²) in [5, 5.41) is 7.40. The Labute approximate surface area is 132 Å². The topological polar surface area (TPSA) is 63.8 Å². The first-order chi connectivity index (χ1) is 10.3. The lowest BCUT2D eigenvalue weighted by Crippen LogP contribution is -2.02. The fraction of sp³-hybridized carbons (Fsp3) is 0.533. The SMILES string of the molecule is Brc1cncc(NCCCCCc2nc(C3CC3)no2)c1. The predicted molar refractivity (Wildman–Crippen MR) is 84.3 cm³/mol. The van der Waals surface area contributed by atoms with Crippen LogP contribution in [0, 0.1) is 0 Å². The maximum atomic E-state index is 5.26. The van der Waals surface area contributed by atoms with E-state index in [4.69, 9.17) is 4.52 Å². The standard InChI is InChI=1S/C15H19BrN4O/c16-12-8-13(10-17-9-12)18-7-3-1-2-4-14-19-15(20-21-14)11-5-6-11/h8-11,18H,1-7H2. The van der Waals surface area contributed by atoms with Gasteiger partial charge in [-0.2, -0.15) is 4.98 Å². The number of aryl methyl sites for hydroxylation is 1. The zero-order chi connectivity index (χ0) is 14.5. The summed E-state index contributed by atoms with van der Waals surface area (Å²) in [6, 6.07) is 2.03. The van der Waals surface area contributed by atoms with Gasteiger partial charge in [-0.1, -0.05) is 11.6 Å². The molecule has 0 bridgehead atoms. The molecule has 0 atom stereocenters. The molecule has 3 rings (SSSR count). The minimum absolute atomic E-state index is 0.575. The van der Waals surface area contributed by atoms with E-state index < -0.39 is 0 Å². The van der Waals surface area contributed by atoms with Gasteiger partial charge in [0.2, 0.25) is 5.89 Å². The second kappa shape index (κ2) is 7.02. The highest BCUT2D eigenvalue weighted by molar-refractivity contribution is 9.10. The van der Waals surface area contributed by atoms with Crippen LogP contribution in [0.2, 0.25) is 0 Å². The number of rotatable bonds is 8. The molecule has 2 heterocycles. The van der Waals surface area contributed by atoms with Crippen molar-refractivity contribution >= 4 is 21.6 Å². The molecular weight excluding hydrogens is 332 g/mol. The van der Waals surface area contributed by atoms with Crippen molar-refractivity contribution in [3.8, 4) is 0 Å². The van der Waals surface area contributed by atoms with E-state index in [1.165, 1.54) is 12.8 Å². The third-order valence-electron chi connectivity index (χ3n) is 3.53. The van der Waals surface area contributed by atoms with Gasteiger partial charge >= 0.3 is 0 Å².